The fourth-order valence-electron chi connectivity index (χ4n) is 0.670. The summed E-state index contributed by atoms with van der Waals surface area (Å²) in [7, 11) is 0. The number of hydrogen-bond donors (Lipinski definition) is 1. The van der Waals surface area contributed by atoms with Crippen LogP contribution in [-0.2, 0) is 0 Å². The van der Waals surface area contributed by atoms with E-state index >= 15 is 0 Å². The normalized spacial score (nSPS) is 8.11. The Morgan fingerprint density at radius 2 is 2.11 bits per heavy atom. The second-order valence-corrected chi connectivity index (χ2v) is 1.91. The van der Waals surface area contributed by atoms with Gasteiger partial charge in [0, 0.05) is 5.69 Å². The van der Waals surface area contributed by atoms with E-state index in [-0.39, 0.29) is 52.8 Å². The molecule has 0 atom stereocenters. The van der Waals surface area contributed by atoms with Crippen LogP contribution in [0.25, 0.3) is 0 Å². The molecule has 44 valence electrons. The van der Waals surface area contributed by atoms with Crippen molar-refractivity contribution < 1.29 is 52.8 Å². The van der Waals surface area contributed by atoms with Crippen LogP contribution in [0.3, 0.4) is 0 Å². The summed E-state index contributed by atoms with van der Waals surface area (Å²) in [5, 5.41) is 0. The third-order valence-corrected chi connectivity index (χ3v) is 1.04. The molecule has 0 amide bonds. The van der Waals surface area contributed by atoms with Crippen LogP contribution in [0.15, 0.2) is 24.3 Å². The van der Waals surface area contributed by atoms with Gasteiger partial charge in [-0.2, -0.15) is 0 Å². The first-order chi connectivity index (χ1) is 3.79. The van der Waals surface area contributed by atoms with Crippen LogP contribution in [-0.4, -0.2) is 0 Å². The number of nitrogens with two attached hydrogens (primary N) is 1. The summed E-state index contributed by atoms with van der Waals surface area (Å²) in [5.41, 5.74) is 7.51. The number of aryl methyl sites for hydroxylation is 1. The fourth-order valence-corrected chi connectivity index (χ4v) is 0.670. The SMILES string of the molecule is Cc1cccc(N)c1.[H-].[K+]. The maximum absolute atomic E-state index is 5.46. The molecule has 0 heterocycles. The predicted molar refractivity (Wildman–Crippen MR) is 36.7 cm³/mol. The van der Waals surface area contributed by atoms with Crippen molar-refractivity contribution in [2.24, 2.45) is 0 Å². The topological polar surface area (TPSA) is 26.0 Å². The molecule has 0 spiro atoms. The van der Waals surface area contributed by atoms with Gasteiger partial charge in [-0.1, -0.05) is 12.1 Å². The maximum Gasteiger partial charge on any atom is 1.00 e. The molecule has 1 aromatic carbocycles. The average Bonchev–Trinajstić information content (AvgIpc) is 1.64. The largest absolute Gasteiger partial charge is 1.00 e. The second kappa shape index (κ2) is 4.47. The summed E-state index contributed by atoms with van der Waals surface area (Å²) < 4.78 is 0. The molecule has 1 rings (SSSR count). The number of hydrogen-bond acceptors (Lipinski definition) is 1. The molecule has 0 bridgehead atoms. The van der Waals surface area contributed by atoms with Gasteiger partial charge in [0.1, 0.15) is 0 Å². The molecule has 0 saturated carbocycles. The first-order valence-corrected chi connectivity index (χ1v) is 2.61. The Morgan fingerprint density at radius 3 is 2.44 bits per heavy atom. The van der Waals surface area contributed by atoms with Gasteiger partial charge in [0.15, 0.2) is 0 Å². The van der Waals surface area contributed by atoms with Crippen molar-refractivity contribution in [3.63, 3.8) is 0 Å². The Morgan fingerprint density at radius 1 is 1.44 bits per heavy atom. The Bertz CT molecular complexity index is 173. The van der Waals surface area contributed by atoms with E-state index in [2.05, 4.69) is 0 Å². The van der Waals surface area contributed by atoms with Gasteiger partial charge in [0.05, 0.1) is 0 Å². The van der Waals surface area contributed by atoms with E-state index in [1.807, 2.05) is 31.2 Å². The molecular formula is C7H10KN. The minimum Gasteiger partial charge on any atom is -1.00 e. The molecule has 0 fully saturated rings. The van der Waals surface area contributed by atoms with E-state index in [0.29, 0.717) is 0 Å². The second-order valence-electron chi connectivity index (χ2n) is 1.91. The molecule has 9 heavy (non-hydrogen) atoms. The van der Waals surface area contributed by atoms with E-state index in [0.717, 1.165) is 5.69 Å². The monoisotopic (exact) mass is 147 g/mol. The molecule has 1 nitrogen and oxygen atoms in total. The Labute approximate surface area is 99.5 Å². The number of rotatable bonds is 0. The smallest absolute Gasteiger partial charge is 1.00 e. The van der Waals surface area contributed by atoms with Gasteiger partial charge in [-0.15, -0.1) is 0 Å². The van der Waals surface area contributed by atoms with Crippen molar-refractivity contribution in [2.75, 3.05) is 5.73 Å². The number of anilines is 1. The van der Waals surface area contributed by atoms with Gasteiger partial charge < -0.3 is 7.16 Å². The molecule has 0 saturated heterocycles. The van der Waals surface area contributed by atoms with Crippen LogP contribution in [0.2, 0.25) is 0 Å². The van der Waals surface area contributed by atoms with Crippen molar-refractivity contribution in [3.05, 3.63) is 29.8 Å². The Hall–Kier alpha value is 0.656. The molecule has 2 heteroatoms. The summed E-state index contributed by atoms with van der Waals surface area (Å²) in [6.07, 6.45) is 0. The average molecular weight is 147 g/mol. The van der Waals surface area contributed by atoms with E-state index < -0.39 is 0 Å². The van der Waals surface area contributed by atoms with Crippen molar-refractivity contribution in [1.29, 1.82) is 0 Å². The zero-order valence-corrected chi connectivity index (χ0v) is 9.01. The maximum atomic E-state index is 5.46. The minimum atomic E-state index is 0. The third-order valence-electron chi connectivity index (χ3n) is 1.04. The van der Waals surface area contributed by atoms with Gasteiger partial charge in [-0.05, 0) is 24.6 Å². The van der Waals surface area contributed by atoms with Gasteiger partial charge in [0.25, 0.3) is 0 Å². The van der Waals surface area contributed by atoms with Gasteiger partial charge >= 0.3 is 51.4 Å². The summed E-state index contributed by atoms with van der Waals surface area (Å²) in [6, 6.07) is 7.80. The molecule has 0 aliphatic heterocycles. The summed E-state index contributed by atoms with van der Waals surface area (Å²) >= 11 is 0. The van der Waals surface area contributed by atoms with Gasteiger partial charge in [0.2, 0.25) is 0 Å². The molecular weight excluding hydrogens is 137 g/mol. The van der Waals surface area contributed by atoms with Crippen LogP contribution >= 0.6 is 0 Å². The third kappa shape index (κ3) is 3.38. The molecule has 0 aromatic heterocycles. The molecule has 2 N–H and O–H groups in total. The van der Waals surface area contributed by atoms with Crippen molar-refractivity contribution in [1.82, 2.24) is 0 Å². The number of nitrogen functional groups attached to an aromatic ring is 1. The molecule has 0 aliphatic rings. The van der Waals surface area contributed by atoms with Gasteiger partial charge in [-0.25, -0.2) is 0 Å². The van der Waals surface area contributed by atoms with Crippen LogP contribution in [0, 0.1) is 6.92 Å². The van der Waals surface area contributed by atoms with E-state index in [4.69, 9.17) is 5.73 Å². The standard InChI is InChI=1S/C7H9N.K.H/c1-6-3-2-4-7(8)5-6;;/h2-5H,8H2,1H3;;/q;+1;-1. The van der Waals surface area contributed by atoms with Crippen molar-refractivity contribution in [2.45, 2.75) is 6.92 Å². The Kier molecular flexibility index (Phi) is 4.79. The zero-order valence-electron chi connectivity index (χ0n) is 6.89. The first-order valence-electron chi connectivity index (χ1n) is 2.61. The van der Waals surface area contributed by atoms with Crippen molar-refractivity contribution >= 4 is 5.69 Å². The Balaban J connectivity index is 0. The molecule has 0 aliphatic carbocycles. The fraction of sp³-hybridized carbons (Fsp3) is 0.143. The van der Waals surface area contributed by atoms with Crippen LogP contribution in [0.4, 0.5) is 5.69 Å². The predicted octanol–water partition coefficient (Wildman–Crippen LogP) is -1.31. The summed E-state index contributed by atoms with van der Waals surface area (Å²) in [4.78, 5) is 0. The van der Waals surface area contributed by atoms with Gasteiger partial charge in [-0.3, -0.25) is 0 Å². The summed E-state index contributed by atoms with van der Waals surface area (Å²) in [6.45, 7) is 2.02. The molecule has 0 unspecified atom stereocenters. The quantitative estimate of drug-likeness (QED) is 0.358. The van der Waals surface area contributed by atoms with Crippen LogP contribution < -0.4 is 57.1 Å². The summed E-state index contributed by atoms with van der Waals surface area (Å²) in [5.74, 6) is 0. The van der Waals surface area contributed by atoms with E-state index in [1.165, 1.54) is 5.56 Å². The first kappa shape index (κ1) is 9.66. The zero-order chi connectivity index (χ0) is 5.98. The van der Waals surface area contributed by atoms with Crippen molar-refractivity contribution in [3.8, 4) is 0 Å². The van der Waals surface area contributed by atoms with E-state index in [1.54, 1.807) is 0 Å². The van der Waals surface area contributed by atoms with Crippen LogP contribution in [0.5, 0.6) is 0 Å². The van der Waals surface area contributed by atoms with E-state index in [9.17, 15) is 0 Å². The molecule has 0 radical (unpaired) electrons. The van der Waals surface area contributed by atoms with Crippen LogP contribution in [0.1, 0.15) is 6.99 Å². The number of benzene rings is 1. The molecule has 1 aromatic rings. The minimum absolute atomic E-state index is 0.